The van der Waals surface area contributed by atoms with E-state index in [1.165, 1.54) is 6.07 Å². The largest absolute Gasteiger partial charge is 0.486 e. The van der Waals surface area contributed by atoms with Crippen LogP contribution < -0.4 is 15.4 Å². The lowest BCUT2D eigenvalue weighted by atomic mass is 10.1. The first-order valence-electron chi connectivity index (χ1n) is 7.96. The summed E-state index contributed by atoms with van der Waals surface area (Å²) in [6, 6.07) is 6.26. The van der Waals surface area contributed by atoms with E-state index in [4.69, 9.17) is 4.74 Å². The summed E-state index contributed by atoms with van der Waals surface area (Å²) in [4.78, 5) is 4.10. The Morgan fingerprint density at radius 3 is 2.79 bits per heavy atom. The van der Waals surface area contributed by atoms with E-state index in [9.17, 15) is 12.8 Å². The van der Waals surface area contributed by atoms with Crippen LogP contribution in [0.5, 0.6) is 5.75 Å². The normalized spacial score (nSPS) is 21.3. The third-order valence-corrected chi connectivity index (χ3v) is 5.67. The van der Waals surface area contributed by atoms with E-state index in [1.54, 1.807) is 25.2 Å². The standard InChI is InChI=1S/C16H24FN3O3S/c1-12(23-15-6-4-3-5-14(15)17)9-19-16(18-2)20-10-13-7-8-24(21,22)11-13/h3-6,12-13H,7-11H2,1-2H3,(H2,18,19,20). The van der Waals surface area contributed by atoms with Crippen molar-refractivity contribution in [3.8, 4) is 5.75 Å². The summed E-state index contributed by atoms with van der Waals surface area (Å²) in [6.07, 6.45) is 0.423. The number of ether oxygens (including phenoxy) is 1. The van der Waals surface area contributed by atoms with E-state index in [-0.39, 0.29) is 29.3 Å². The highest BCUT2D eigenvalue weighted by atomic mass is 32.2. The first-order chi connectivity index (χ1) is 11.4. The zero-order chi connectivity index (χ0) is 17.6. The van der Waals surface area contributed by atoms with Gasteiger partial charge in [0.05, 0.1) is 18.1 Å². The number of benzene rings is 1. The van der Waals surface area contributed by atoms with E-state index in [0.29, 0.717) is 25.5 Å². The Morgan fingerprint density at radius 2 is 2.17 bits per heavy atom. The van der Waals surface area contributed by atoms with Crippen molar-refractivity contribution in [2.75, 3.05) is 31.6 Å². The Labute approximate surface area is 142 Å². The smallest absolute Gasteiger partial charge is 0.191 e. The maximum Gasteiger partial charge on any atom is 0.191 e. The number of aliphatic imine (C=N–C) groups is 1. The van der Waals surface area contributed by atoms with Crippen molar-refractivity contribution in [1.29, 1.82) is 0 Å². The van der Waals surface area contributed by atoms with E-state index in [0.717, 1.165) is 0 Å². The molecule has 1 aromatic rings. The molecular formula is C16H24FN3O3S. The zero-order valence-electron chi connectivity index (χ0n) is 14.0. The Kier molecular flexibility index (Phi) is 6.42. The number of hydrogen-bond acceptors (Lipinski definition) is 4. The van der Waals surface area contributed by atoms with Crippen LogP contribution in [0.15, 0.2) is 29.3 Å². The molecule has 2 rings (SSSR count). The van der Waals surface area contributed by atoms with Gasteiger partial charge in [0.1, 0.15) is 6.10 Å². The Morgan fingerprint density at radius 1 is 1.42 bits per heavy atom. The lowest BCUT2D eigenvalue weighted by molar-refractivity contribution is 0.214. The van der Waals surface area contributed by atoms with Crippen LogP contribution in [0.1, 0.15) is 13.3 Å². The molecule has 0 bridgehead atoms. The molecule has 6 nitrogen and oxygen atoms in total. The monoisotopic (exact) mass is 357 g/mol. The van der Waals surface area contributed by atoms with Crippen molar-refractivity contribution in [1.82, 2.24) is 10.6 Å². The molecule has 134 valence electrons. The van der Waals surface area contributed by atoms with Gasteiger partial charge < -0.3 is 15.4 Å². The molecule has 0 amide bonds. The van der Waals surface area contributed by atoms with Crippen LogP contribution in [0.3, 0.4) is 0 Å². The van der Waals surface area contributed by atoms with Crippen LogP contribution in [0.2, 0.25) is 0 Å². The van der Waals surface area contributed by atoms with Crippen LogP contribution in [0, 0.1) is 11.7 Å². The maximum atomic E-state index is 13.5. The maximum absolute atomic E-state index is 13.5. The minimum absolute atomic E-state index is 0.112. The number of guanidine groups is 1. The highest BCUT2D eigenvalue weighted by molar-refractivity contribution is 7.91. The van der Waals surface area contributed by atoms with E-state index in [1.807, 2.05) is 6.92 Å². The molecule has 0 radical (unpaired) electrons. The number of rotatable bonds is 6. The fourth-order valence-electron chi connectivity index (χ4n) is 2.53. The molecule has 1 saturated heterocycles. The van der Waals surface area contributed by atoms with Crippen LogP contribution in [0.4, 0.5) is 4.39 Å². The summed E-state index contributed by atoms with van der Waals surface area (Å²) in [5, 5.41) is 6.22. The van der Waals surface area contributed by atoms with Crippen molar-refractivity contribution >= 4 is 15.8 Å². The summed E-state index contributed by atoms with van der Waals surface area (Å²) >= 11 is 0. The molecular weight excluding hydrogens is 333 g/mol. The zero-order valence-corrected chi connectivity index (χ0v) is 14.8. The quantitative estimate of drug-likeness (QED) is 0.591. The van der Waals surface area contributed by atoms with Crippen LogP contribution in [0.25, 0.3) is 0 Å². The van der Waals surface area contributed by atoms with Gasteiger partial charge in [-0.25, -0.2) is 12.8 Å². The number of para-hydroxylation sites is 1. The molecule has 2 unspecified atom stereocenters. The SMILES string of the molecule is CN=C(NCC1CCS(=O)(=O)C1)NCC(C)Oc1ccccc1F. The van der Waals surface area contributed by atoms with Gasteiger partial charge in [-0.2, -0.15) is 0 Å². The molecule has 0 saturated carbocycles. The van der Waals surface area contributed by atoms with Gasteiger partial charge in [-0.15, -0.1) is 0 Å². The molecule has 0 aromatic heterocycles. The van der Waals surface area contributed by atoms with Gasteiger partial charge in [0.25, 0.3) is 0 Å². The Bertz CT molecular complexity index is 679. The summed E-state index contributed by atoms with van der Waals surface area (Å²) in [7, 11) is -1.23. The molecule has 0 spiro atoms. The van der Waals surface area contributed by atoms with Gasteiger partial charge in [0.15, 0.2) is 27.4 Å². The lowest BCUT2D eigenvalue weighted by Gasteiger charge is -2.19. The molecule has 1 aliphatic heterocycles. The number of nitrogens with one attached hydrogen (secondary N) is 2. The van der Waals surface area contributed by atoms with Gasteiger partial charge in [-0.1, -0.05) is 12.1 Å². The van der Waals surface area contributed by atoms with Crippen molar-refractivity contribution in [3.63, 3.8) is 0 Å². The van der Waals surface area contributed by atoms with Crippen molar-refractivity contribution in [2.45, 2.75) is 19.4 Å². The second-order valence-corrected chi connectivity index (χ2v) is 8.19. The number of hydrogen-bond donors (Lipinski definition) is 2. The molecule has 24 heavy (non-hydrogen) atoms. The second kappa shape index (κ2) is 8.32. The predicted octanol–water partition coefficient (Wildman–Crippen LogP) is 1.19. The van der Waals surface area contributed by atoms with Crippen LogP contribution in [-0.4, -0.2) is 52.1 Å². The van der Waals surface area contributed by atoms with Crippen molar-refractivity contribution < 1.29 is 17.5 Å². The van der Waals surface area contributed by atoms with Crippen molar-refractivity contribution in [2.24, 2.45) is 10.9 Å². The van der Waals surface area contributed by atoms with Gasteiger partial charge >= 0.3 is 0 Å². The van der Waals surface area contributed by atoms with Gasteiger partial charge in [0.2, 0.25) is 0 Å². The molecule has 0 aliphatic carbocycles. The van der Waals surface area contributed by atoms with E-state index >= 15 is 0 Å². The topological polar surface area (TPSA) is 79.8 Å². The first-order valence-corrected chi connectivity index (χ1v) is 9.78. The minimum Gasteiger partial charge on any atom is -0.486 e. The third-order valence-electron chi connectivity index (χ3n) is 3.83. The molecule has 1 aliphatic rings. The first kappa shape index (κ1) is 18.5. The van der Waals surface area contributed by atoms with E-state index < -0.39 is 15.7 Å². The fourth-order valence-corrected chi connectivity index (χ4v) is 4.40. The molecule has 1 fully saturated rings. The summed E-state index contributed by atoms with van der Waals surface area (Å²) in [5.41, 5.74) is 0. The summed E-state index contributed by atoms with van der Waals surface area (Å²) in [6.45, 7) is 2.83. The Hall–Kier alpha value is -1.83. The van der Waals surface area contributed by atoms with Gasteiger partial charge in [0, 0.05) is 13.6 Å². The molecule has 8 heteroatoms. The lowest BCUT2D eigenvalue weighted by Crippen LogP contribution is -2.43. The average Bonchev–Trinajstić information content (AvgIpc) is 2.89. The molecule has 1 heterocycles. The number of sulfone groups is 1. The van der Waals surface area contributed by atoms with Gasteiger partial charge in [-0.3, -0.25) is 4.99 Å². The summed E-state index contributed by atoms with van der Waals surface area (Å²) < 4.78 is 42.0. The Balaban J connectivity index is 1.74. The highest BCUT2D eigenvalue weighted by Crippen LogP contribution is 2.17. The number of nitrogens with zero attached hydrogens (tertiary/aromatic N) is 1. The number of halogens is 1. The molecule has 2 atom stereocenters. The predicted molar refractivity (Wildman–Crippen MR) is 92.6 cm³/mol. The van der Waals surface area contributed by atoms with Crippen LogP contribution in [-0.2, 0) is 9.84 Å². The van der Waals surface area contributed by atoms with E-state index in [2.05, 4.69) is 15.6 Å². The fraction of sp³-hybridized carbons (Fsp3) is 0.562. The second-order valence-electron chi connectivity index (χ2n) is 5.96. The minimum atomic E-state index is -2.87. The molecule has 1 aromatic carbocycles. The third kappa shape index (κ3) is 5.67. The van der Waals surface area contributed by atoms with Gasteiger partial charge in [-0.05, 0) is 31.4 Å². The summed E-state index contributed by atoms with van der Waals surface area (Å²) in [5.74, 6) is 0.993. The van der Waals surface area contributed by atoms with Crippen molar-refractivity contribution in [3.05, 3.63) is 30.1 Å². The molecule has 2 N–H and O–H groups in total. The van der Waals surface area contributed by atoms with Crippen LogP contribution >= 0.6 is 0 Å². The highest BCUT2D eigenvalue weighted by Gasteiger charge is 2.27. The average molecular weight is 357 g/mol.